The molecule has 0 saturated carbocycles. The normalized spacial score (nSPS) is 23.5. The summed E-state index contributed by atoms with van der Waals surface area (Å²) in [7, 11) is 0. The SMILES string of the molecule is CC(C)(C)OC(=O)N1CC2CN(C(=O)OCc3ccc(OC(F)(F)F)cc3)CC2(C)C1. The third-order valence-corrected chi connectivity index (χ3v) is 5.40. The van der Waals surface area contributed by atoms with Gasteiger partial charge in [0.2, 0.25) is 0 Å². The van der Waals surface area contributed by atoms with Crippen LogP contribution in [-0.2, 0) is 16.1 Å². The lowest BCUT2D eigenvalue weighted by Crippen LogP contribution is -2.40. The molecule has 0 aliphatic carbocycles. The molecule has 2 atom stereocenters. The van der Waals surface area contributed by atoms with Crippen molar-refractivity contribution in [2.24, 2.45) is 11.3 Å². The van der Waals surface area contributed by atoms with Crippen LogP contribution in [0.1, 0.15) is 33.3 Å². The van der Waals surface area contributed by atoms with E-state index in [2.05, 4.69) is 4.74 Å². The van der Waals surface area contributed by atoms with Crippen molar-refractivity contribution in [2.45, 2.75) is 46.3 Å². The summed E-state index contributed by atoms with van der Waals surface area (Å²) in [6.45, 7) is 9.35. The first-order valence-electron chi connectivity index (χ1n) is 9.98. The topological polar surface area (TPSA) is 68.3 Å². The molecule has 31 heavy (non-hydrogen) atoms. The Hall–Kier alpha value is -2.65. The standard InChI is InChI=1S/C21H27F3N2O5/c1-19(2,3)31-18(28)26-10-15-9-25(12-20(15,4)13-26)17(27)29-11-14-5-7-16(8-6-14)30-21(22,23)24/h5-8,15H,9-13H2,1-4H3. The maximum absolute atomic E-state index is 12.5. The Balaban J connectivity index is 1.49. The van der Waals surface area contributed by atoms with Crippen molar-refractivity contribution < 1.29 is 37.0 Å². The van der Waals surface area contributed by atoms with Gasteiger partial charge in [0.25, 0.3) is 0 Å². The molecule has 0 radical (unpaired) electrons. The van der Waals surface area contributed by atoms with E-state index in [1.165, 1.54) is 24.3 Å². The molecule has 10 heteroatoms. The Morgan fingerprint density at radius 1 is 1.03 bits per heavy atom. The van der Waals surface area contributed by atoms with Crippen LogP contribution in [0.15, 0.2) is 24.3 Å². The molecule has 7 nitrogen and oxygen atoms in total. The fraction of sp³-hybridized carbons (Fsp3) is 0.619. The van der Waals surface area contributed by atoms with E-state index in [4.69, 9.17) is 9.47 Å². The van der Waals surface area contributed by atoms with Crippen LogP contribution < -0.4 is 4.74 Å². The Morgan fingerprint density at radius 2 is 1.58 bits per heavy atom. The fourth-order valence-electron chi connectivity index (χ4n) is 3.97. The lowest BCUT2D eigenvalue weighted by Gasteiger charge is -2.27. The summed E-state index contributed by atoms with van der Waals surface area (Å²) in [5.41, 5.74) is -0.265. The number of halogens is 3. The van der Waals surface area contributed by atoms with Gasteiger partial charge in [-0.1, -0.05) is 19.1 Å². The van der Waals surface area contributed by atoms with Crippen LogP contribution in [0.5, 0.6) is 5.75 Å². The maximum Gasteiger partial charge on any atom is 0.573 e. The van der Waals surface area contributed by atoms with Crippen molar-refractivity contribution in [1.29, 1.82) is 0 Å². The number of benzene rings is 1. The number of hydrogen-bond donors (Lipinski definition) is 0. The number of hydrogen-bond acceptors (Lipinski definition) is 5. The van der Waals surface area contributed by atoms with Crippen molar-refractivity contribution in [3.63, 3.8) is 0 Å². The number of alkyl halides is 3. The zero-order valence-electron chi connectivity index (χ0n) is 18.0. The number of carbonyl (C=O) groups is 2. The Kier molecular flexibility index (Phi) is 6.03. The molecule has 2 saturated heterocycles. The molecule has 2 unspecified atom stereocenters. The molecule has 2 fully saturated rings. The number of nitrogens with zero attached hydrogens (tertiary/aromatic N) is 2. The molecule has 2 aliphatic rings. The molecule has 172 valence electrons. The molecule has 0 aromatic heterocycles. The number of rotatable bonds is 3. The molecule has 0 N–H and O–H groups in total. The number of carbonyl (C=O) groups excluding carboxylic acids is 2. The largest absolute Gasteiger partial charge is 0.573 e. The van der Waals surface area contributed by atoms with Gasteiger partial charge in [-0.05, 0) is 38.5 Å². The Bertz CT molecular complexity index is 822. The number of likely N-dealkylation sites (tertiary alicyclic amines) is 2. The van der Waals surface area contributed by atoms with Crippen LogP contribution in [0.3, 0.4) is 0 Å². The third-order valence-electron chi connectivity index (χ3n) is 5.40. The van der Waals surface area contributed by atoms with E-state index >= 15 is 0 Å². The zero-order chi connectivity index (χ0) is 23.0. The number of ether oxygens (including phenoxy) is 3. The lowest BCUT2D eigenvalue weighted by molar-refractivity contribution is -0.274. The van der Waals surface area contributed by atoms with Crippen LogP contribution in [0.25, 0.3) is 0 Å². The number of amides is 2. The molecular weight excluding hydrogens is 417 g/mol. The fourth-order valence-corrected chi connectivity index (χ4v) is 3.97. The van der Waals surface area contributed by atoms with E-state index in [0.29, 0.717) is 31.7 Å². The second kappa shape index (κ2) is 8.12. The van der Waals surface area contributed by atoms with E-state index in [9.17, 15) is 22.8 Å². The van der Waals surface area contributed by atoms with Crippen LogP contribution in [0.2, 0.25) is 0 Å². The minimum atomic E-state index is -4.75. The molecular formula is C21H27F3N2O5. The van der Waals surface area contributed by atoms with Crippen LogP contribution in [0.4, 0.5) is 22.8 Å². The van der Waals surface area contributed by atoms with Gasteiger partial charge in [-0.15, -0.1) is 13.2 Å². The first-order valence-corrected chi connectivity index (χ1v) is 9.98. The maximum atomic E-state index is 12.5. The Morgan fingerprint density at radius 3 is 2.06 bits per heavy atom. The van der Waals surface area contributed by atoms with Gasteiger partial charge in [-0.3, -0.25) is 0 Å². The Labute approximate surface area is 179 Å². The van der Waals surface area contributed by atoms with Gasteiger partial charge in [-0.25, -0.2) is 9.59 Å². The summed E-state index contributed by atoms with van der Waals surface area (Å²) < 4.78 is 51.2. The summed E-state index contributed by atoms with van der Waals surface area (Å²) in [5, 5.41) is 0. The molecule has 3 rings (SSSR count). The molecule has 2 amide bonds. The minimum absolute atomic E-state index is 0.0625. The summed E-state index contributed by atoms with van der Waals surface area (Å²) in [5.74, 6) is -0.219. The van der Waals surface area contributed by atoms with Crippen molar-refractivity contribution >= 4 is 12.2 Å². The second-order valence-corrected chi connectivity index (χ2v) is 9.34. The van der Waals surface area contributed by atoms with Gasteiger partial charge in [0.1, 0.15) is 18.0 Å². The molecule has 1 aromatic carbocycles. The highest BCUT2D eigenvalue weighted by Gasteiger charge is 2.52. The van der Waals surface area contributed by atoms with E-state index in [0.717, 1.165) is 0 Å². The van der Waals surface area contributed by atoms with Gasteiger partial charge >= 0.3 is 18.5 Å². The molecule has 0 spiro atoms. The van der Waals surface area contributed by atoms with Crippen molar-refractivity contribution in [2.75, 3.05) is 26.2 Å². The van der Waals surface area contributed by atoms with Gasteiger partial charge < -0.3 is 24.0 Å². The van der Waals surface area contributed by atoms with E-state index in [-0.39, 0.29) is 29.8 Å². The van der Waals surface area contributed by atoms with Crippen LogP contribution in [0, 0.1) is 11.3 Å². The second-order valence-electron chi connectivity index (χ2n) is 9.34. The molecule has 2 heterocycles. The first kappa shape index (κ1) is 23.0. The quantitative estimate of drug-likeness (QED) is 0.691. The predicted molar refractivity (Wildman–Crippen MR) is 104 cm³/mol. The third kappa shape index (κ3) is 5.95. The molecule has 1 aromatic rings. The first-order chi connectivity index (χ1) is 14.2. The van der Waals surface area contributed by atoms with Crippen LogP contribution in [-0.4, -0.2) is 60.1 Å². The predicted octanol–water partition coefficient (Wildman–Crippen LogP) is 4.41. The molecule has 2 aliphatic heterocycles. The smallest absolute Gasteiger partial charge is 0.445 e. The van der Waals surface area contributed by atoms with Crippen molar-refractivity contribution in [3.8, 4) is 5.75 Å². The highest BCUT2D eigenvalue weighted by molar-refractivity contribution is 5.70. The van der Waals surface area contributed by atoms with Gasteiger partial charge in [0.05, 0.1) is 0 Å². The summed E-state index contributed by atoms with van der Waals surface area (Å²) in [6, 6.07) is 5.16. The highest BCUT2D eigenvalue weighted by Crippen LogP contribution is 2.42. The highest BCUT2D eigenvalue weighted by atomic mass is 19.4. The van der Waals surface area contributed by atoms with E-state index in [1.54, 1.807) is 9.80 Å². The summed E-state index contributed by atoms with van der Waals surface area (Å²) in [6.07, 6.45) is -5.60. The average molecular weight is 444 g/mol. The number of fused-ring (bicyclic) bond motifs is 1. The van der Waals surface area contributed by atoms with Crippen molar-refractivity contribution in [1.82, 2.24) is 9.80 Å². The van der Waals surface area contributed by atoms with Gasteiger partial charge in [0, 0.05) is 37.5 Å². The zero-order valence-corrected chi connectivity index (χ0v) is 18.0. The summed E-state index contributed by atoms with van der Waals surface area (Å²) in [4.78, 5) is 28.1. The van der Waals surface area contributed by atoms with Gasteiger partial charge in [0.15, 0.2) is 0 Å². The lowest BCUT2D eigenvalue weighted by atomic mass is 9.83. The van der Waals surface area contributed by atoms with Gasteiger partial charge in [-0.2, -0.15) is 0 Å². The van der Waals surface area contributed by atoms with Crippen molar-refractivity contribution in [3.05, 3.63) is 29.8 Å². The average Bonchev–Trinajstić information content (AvgIpc) is 3.10. The minimum Gasteiger partial charge on any atom is -0.445 e. The van der Waals surface area contributed by atoms with Crippen LogP contribution >= 0.6 is 0 Å². The van der Waals surface area contributed by atoms with E-state index < -0.39 is 18.1 Å². The molecule has 0 bridgehead atoms. The summed E-state index contributed by atoms with van der Waals surface area (Å²) >= 11 is 0. The van der Waals surface area contributed by atoms with E-state index in [1.807, 2.05) is 27.7 Å². The monoisotopic (exact) mass is 444 g/mol.